The van der Waals surface area contributed by atoms with Crippen LogP contribution in [-0.2, 0) is 13.0 Å². The Morgan fingerprint density at radius 2 is 2.22 bits per heavy atom. The van der Waals surface area contributed by atoms with Gasteiger partial charge in [0.1, 0.15) is 0 Å². The van der Waals surface area contributed by atoms with Crippen LogP contribution in [0.2, 0.25) is 0 Å². The molecule has 1 aliphatic heterocycles. The van der Waals surface area contributed by atoms with Gasteiger partial charge in [-0.1, -0.05) is 13.0 Å². The van der Waals surface area contributed by atoms with E-state index in [4.69, 9.17) is 0 Å². The minimum absolute atomic E-state index is 0.0481. The molecular formula is C17H22N4OS. The number of rotatable bonds is 5. The molecule has 2 aromatic rings. The average molecular weight is 330 g/mol. The molecule has 6 heteroatoms. The summed E-state index contributed by atoms with van der Waals surface area (Å²) in [6.45, 7) is 6.49. The molecule has 1 aliphatic rings. The molecule has 0 aliphatic carbocycles. The van der Waals surface area contributed by atoms with E-state index in [1.807, 2.05) is 23.6 Å². The molecule has 2 heterocycles. The lowest BCUT2D eigenvalue weighted by molar-refractivity contribution is 0.0950. The van der Waals surface area contributed by atoms with Crippen LogP contribution in [0.3, 0.4) is 0 Å². The van der Waals surface area contributed by atoms with E-state index in [1.165, 1.54) is 0 Å². The Labute approximate surface area is 140 Å². The summed E-state index contributed by atoms with van der Waals surface area (Å²) in [6, 6.07) is 7.85. The number of benzene rings is 1. The summed E-state index contributed by atoms with van der Waals surface area (Å²) in [4.78, 5) is 19.1. The molecule has 1 fully saturated rings. The summed E-state index contributed by atoms with van der Waals surface area (Å²) in [5.41, 5.74) is 2.74. The molecule has 3 rings (SSSR count). The maximum atomic E-state index is 12.4. The molecule has 1 aromatic heterocycles. The fourth-order valence-corrected chi connectivity index (χ4v) is 3.38. The zero-order valence-corrected chi connectivity index (χ0v) is 14.2. The molecule has 0 unspecified atom stereocenters. The minimum Gasteiger partial charge on any atom is -0.369 e. The molecule has 122 valence electrons. The van der Waals surface area contributed by atoms with Crippen LogP contribution in [0.25, 0.3) is 0 Å². The van der Waals surface area contributed by atoms with Gasteiger partial charge in [0, 0.05) is 42.8 Å². The number of hydrogen-bond donors (Lipinski definition) is 2. The van der Waals surface area contributed by atoms with Crippen LogP contribution in [-0.4, -0.2) is 37.1 Å². The SMILES string of the molecule is CCc1nc(CNC(=O)c2cccc(N3CCNCC3)c2)cs1. The topological polar surface area (TPSA) is 57.3 Å². The molecule has 1 saturated heterocycles. The van der Waals surface area contributed by atoms with Gasteiger partial charge in [0.05, 0.1) is 17.2 Å². The molecule has 2 N–H and O–H groups in total. The van der Waals surface area contributed by atoms with Gasteiger partial charge in [-0.3, -0.25) is 4.79 Å². The fraction of sp³-hybridized carbons (Fsp3) is 0.412. The van der Waals surface area contributed by atoms with Crippen molar-refractivity contribution in [3.63, 3.8) is 0 Å². The second-order valence-corrected chi connectivity index (χ2v) is 6.50. The second-order valence-electron chi connectivity index (χ2n) is 5.56. The van der Waals surface area contributed by atoms with E-state index in [1.54, 1.807) is 11.3 Å². The van der Waals surface area contributed by atoms with Gasteiger partial charge in [0.2, 0.25) is 0 Å². The van der Waals surface area contributed by atoms with Crippen molar-refractivity contribution < 1.29 is 4.79 Å². The number of nitrogens with zero attached hydrogens (tertiary/aromatic N) is 2. The molecule has 1 aromatic carbocycles. The van der Waals surface area contributed by atoms with Crippen molar-refractivity contribution in [1.29, 1.82) is 0 Å². The van der Waals surface area contributed by atoms with Crippen LogP contribution in [0, 0.1) is 0 Å². The highest BCUT2D eigenvalue weighted by Crippen LogP contribution is 2.17. The predicted octanol–water partition coefficient (Wildman–Crippen LogP) is 2.05. The number of amides is 1. The van der Waals surface area contributed by atoms with Gasteiger partial charge in [-0.15, -0.1) is 11.3 Å². The smallest absolute Gasteiger partial charge is 0.251 e. The van der Waals surface area contributed by atoms with Crippen LogP contribution >= 0.6 is 11.3 Å². The van der Waals surface area contributed by atoms with E-state index in [0.717, 1.165) is 49.0 Å². The molecule has 5 nitrogen and oxygen atoms in total. The van der Waals surface area contributed by atoms with Crippen molar-refractivity contribution in [3.05, 3.63) is 45.9 Å². The largest absolute Gasteiger partial charge is 0.369 e. The first-order valence-corrected chi connectivity index (χ1v) is 8.91. The summed E-state index contributed by atoms with van der Waals surface area (Å²) >= 11 is 1.64. The summed E-state index contributed by atoms with van der Waals surface area (Å²) in [7, 11) is 0. The highest BCUT2D eigenvalue weighted by atomic mass is 32.1. The summed E-state index contributed by atoms with van der Waals surface area (Å²) < 4.78 is 0. The third kappa shape index (κ3) is 4.09. The second kappa shape index (κ2) is 7.57. The molecule has 1 amide bonds. The van der Waals surface area contributed by atoms with Crippen molar-refractivity contribution in [2.24, 2.45) is 0 Å². The monoisotopic (exact) mass is 330 g/mol. The highest BCUT2D eigenvalue weighted by Gasteiger charge is 2.13. The lowest BCUT2D eigenvalue weighted by Gasteiger charge is -2.29. The van der Waals surface area contributed by atoms with E-state index in [9.17, 15) is 4.79 Å². The van der Waals surface area contributed by atoms with Crippen LogP contribution in [0.4, 0.5) is 5.69 Å². The number of hydrogen-bond acceptors (Lipinski definition) is 5. The molecule has 0 radical (unpaired) electrons. The number of nitrogens with one attached hydrogen (secondary N) is 2. The Hall–Kier alpha value is -1.92. The standard InChI is InChI=1S/C17H22N4OS/c1-2-16-20-14(12-23-16)11-19-17(22)13-4-3-5-15(10-13)21-8-6-18-7-9-21/h3-5,10,12,18H,2,6-9,11H2,1H3,(H,19,22). The van der Waals surface area contributed by atoms with E-state index in [2.05, 4.69) is 33.5 Å². The van der Waals surface area contributed by atoms with Gasteiger partial charge in [-0.2, -0.15) is 0 Å². The van der Waals surface area contributed by atoms with Gasteiger partial charge in [-0.25, -0.2) is 4.98 Å². The van der Waals surface area contributed by atoms with Gasteiger partial charge < -0.3 is 15.5 Å². The third-order valence-corrected chi connectivity index (χ3v) is 4.96. The fourth-order valence-electron chi connectivity index (χ4n) is 2.63. The Kier molecular flexibility index (Phi) is 5.25. The zero-order chi connectivity index (χ0) is 16.1. The molecule has 0 spiro atoms. The van der Waals surface area contributed by atoms with Crippen LogP contribution in [0.5, 0.6) is 0 Å². The quantitative estimate of drug-likeness (QED) is 0.881. The van der Waals surface area contributed by atoms with Crippen molar-refractivity contribution in [1.82, 2.24) is 15.6 Å². The lowest BCUT2D eigenvalue weighted by Crippen LogP contribution is -2.43. The number of piperazine rings is 1. The minimum atomic E-state index is -0.0481. The Bertz CT molecular complexity index is 664. The van der Waals surface area contributed by atoms with E-state index < -0.39 is 0 Å². The normalized spacial score (nSPS) is 14.7. The van der Waals surface area contributed by atoms with E-state index >= 15 is 0 Å². The van der Waals surface area contributed by atoms with Crippen molar-refractivity contribution in [2.75, 3.05) is 31.1 Å². The predicted molar refractivity (Wildman–Crippen MR) is 94.2 cm³/mol. The van der Waals surface area contributed by atoms with Crippen LogP contribution in [0.1, 0.15) is 28.0 Å². The molecule has 0 atom stereocenters. The highest BCUT2D eigenvalue weighted by molar-refractivity contribution is 7.09. The van der Waals surface area contributed by atoms with Crippen LogP contribution in [0.15, 0.2) is 29.6 Å². The number of anilines is 1. The zero-order valence-electron chi connectivity index (χ0n) is 13.3. The summed E-state index contributed by atoms with van der Waals surface area (Å²) in [5, 5.41) is 9.41. The van der Waals surface area contributed by atoms with Gasteiger partial charge in [0.25, 0.3) is 5.91 Å². The number of aryl methyl sites for hydroxylation is 1. The van der Waals surface area contributed by atoms with Crippen molar-refractivity contribution >= 4 is 22.9 Å². The Morgan fingerprint density at radius 1 is 1.39 bits per heavy atom. The number of thiazole rings is 1. The van der Waals surface area contributed by atoms with Gasteiger partial charge in [0.15, 0.2) is 0 Å². The van der Waals surface area contributed by atoms with E-state index in [-0.39, 0.29) is 5.91 Å². The molecule has 0 bridgehead atoms. The first-order valence-electron chi connectivity index (χ1n) is 8.03. The average Bonchev–Trinajstić information content (AvgIpc) is 3.09. The number of carbonyl (C=O) groups excluding carboxylic acids is 1. The maximum absolute atomic E-state index is 12.4. The van der Waals surface area contributed by atoms with Crippen molar-refractivity contribution in [3.8, 4) is 0 Å². The van der Waals surface area contributed by atoms with Crippen molar-refractivity contribution in [2.45, 2.75) is 19.9 Å². The van der Waals surface area contributed by atoms with Gasteiger partial charge in [-0.05, 0) is 24.6 Å². The maximum Gasteiger partial charge on any atom is 0.251 e. The lowest BCUT2D eigenvalue weighted by atomic mass is 10.1. The Morgan fingerprint density at radius 3 is 2.96 bits per heavy atom. The number of aromatic nitrogens is 1. The number of carbonyl (C=O) groups is 1. The Balaban J connectivity index is 1.62. The summed E-state index contributed by atoms with van der Waals surface area (Å²) in [6.07, 6.45) is 0.936. The summed E-state index contributed by atoms with van der Waals surface area (Å²) in [5.74, 6) is -0.0481. The first kappa shape index (κ1) is 16.0. The first-order chi connectivity index (χ1) is 11.3. The molecule has 0 saturated carbocycles. The van der Waals surface area contributed by atoms with Crippen LogP contribution < -0.4 is 15.5 Å². The molecular weight excluding hydrogens is 308 g/mol. The van der Waals surface area contributed by atoms with E-state index in [0.29, 0.717) is 12.1 Å². The molecule has 23 heavy (non-hydrogen) atoms. The third-order valence-electron chi connectivity index (χ3n) is 3.92. The van der Waals surface area contributed by atoms with Gasteiger partial charge >= 0.3 is 0 Å².